The number of benzene rings is 1. The third-order valence-electron chi connectivity index (χ3n) is 3.84. The Balaban J connectivity index is 0.00000144. The van der Waals surface area contributed by atoms with E-state index in [0.29, 0.717) is 13.1 Å². The van der Waals surface area contributed by atoms with Gasteiger partial charge in [-0.25, -0.2) is 4.98 Å². The summed E-state index contributed by atoms with van der Waals surface area (Å²) in [7, 11) is 1.67. The van der Waals surface area contributed by atoms with E-state index in [2.05, 4.69) is 15.6 Å². The molecule has 134 valence electrons. The number of aromatic nitrogens is 1. The molecule has 5 nitrogen and oxygen atoms in total. The number of methoxy groups -OCH3 is 1. The van der Waals surface area contributed by atoms with E-state index in [9.17, 15) is 5.11 Å². The monoisotopic (exact) mass is 391 g/mol. The fourth-order valence-electron chi connectivity index (χ4n) is 2.58. The summed E-state index contributed by atoms with van der Waals surface area (Å²) in [5.41, 5.74) is 0.453. The summed E-state index contributed by atoms with van der Waals surface area (Å²) in [6.07, 6.45) is 2.70. The molecule has 0 radical (unpaired) electrons. The second-order valence-corrected chi connectivity index (χ2v) is 6.73. The Morgan fingerprint density at radius 3 is 2.96 bits per heavy atom. The summed E-state index contributed by atoms with van der Waals surface area (Å²) in [4.78, 5) is 5.64. The van der Waals surface area contributed by atoms with Gasteiger partial charge in [-0.2, -0.15) is 0 Å². The average Bonchev–Trinajstić information content (AvgIpc) is 3.17. The molecule has 3 N–H and O–H groups in total. The average molecular weight is 392 g/mol. The van der Waals surface area contributed by atoms with Gasteiger partial charge < -0.3 is 20.5 Å². The summed E-state index contributed by atoms with van der Waals surface area (Å²) < 4.78 is 5.25. The Morgan fingerprint density at radius 2 is 2.25 bits per heavy atom. The molecule has 0 amide bonds. The summed E-state index contributed by atoms with van der Waals surface area (Å²) in [5.74, 6) is 0.836. The molecule has 2 aromatic rings. The predicted molar refractivity (Wildman–Crippen MR) is 103 cm³/mol. The van der Waals surface area contributed by atoms with Crippen LogP contribution in [0.15, 0.2) is 30.5 Å². The van der Waals surface area contributed by atoms with Crippen LogP contribution in [-0.2, 0) is 6.54 Å². The first-order valence-corrected chi connectivity index (χ1v) is 8.23. The molecule has 1 atom stereocenters. The molecule has 1 aliphatic rings. The lowest BCUT2D eigenvalue weighted by molar-refractivity contribution is 0.0609. The second-order valence-electron chi connectivity index (χ2n) is 5.62. The van der Waals surface area contributed by atoms with Crippen molar-refractivity contribution in [2.75, 3.05) is 26.7 Å². The minimum absolute atomic E-state index is 0. The largest absolute Gasteiger partial charge is 0.497 e. The zero-order chi connectivity index (χ0) is 15.4. The predicted octanol–water partition coefficient (Wildman–Crippen LogP) is 2.48. The van der Waals surface area contributed by atoms with Crippen LogP contribution in [0.25, 0.3) is 10.6 Å². The van der Waals surface area contributed by atoms with E-state index in [-0.39, 0.29) is 24.8 Å². The maximum atomic E-state index is 10.3. The normalized spacial score (nSPS) is 19.4. The van der Waals surface area contributed by atoms with Crippen molar-refractivity contribution in [3.63, 3.8) is 0 Å². The van der Waals surface area contributed by atoms with Gasteiger partial charge in [0.15, 0.2) is 0 Å². The lowest BCUT2D eigenvalue weighted by Gasteiger charge is -2.21. The van der Waals surface area contributed by atoms with Crippen molar-refractivity contribution in [1.82, 2.24) is 15.6 Å². The van der Waals surface area contributed by atoms with Gasteiger partial charge in [0.1, 0.15) is 10.8 Å². The topological polar surface area (TPSA) is 66.4 Å². The van der Waals surface area contributed by atoms with E-state index in [4.69, 9.17) is 4.74 Å². The van der Waals surface area contributed by atoms with Gasteiger partial charge in [0.2, 0.25) is 0 Å². The number of rotatable bonds is 6. The lowest BCUT2D eigenvalue weighted by atomic mass is 10.0. The maximum Gasteiger partial charge on any atom is 0.123 e. The second kappa shape index (κ2) is 9.56. The van der Waals surface area contributed by atoms with Crippen LogP contribution in [-0.4, -0.2) is 42.4 Å². The van der Waals surface area contributed by atoms with Crippen molar-refractivity contribution in [3.8, 4) is 16.3 Å². The number of β-amino-alcohol motifs (C(OH)–C–C–N with tert-alkyl or cyclic N) is 1. The minimum Gasteiger partial charge on any atom is -0.497 e. The highest BCUT2D eigenvalue weighted by Gasteiger charge is 2.30. The number of aliphatic hydroxyl groups is 1. The van der Waals surface area contributed by atoms with Crippen molar-refractivity contribution in [1.29, 1.82) is 0 Å². The zero-order valence-corrected chi connectivity index (χ0v) is 15.9. The Bertz CT molecular complexity index is 633. The molecule has 3 rings (SSSR count). The summed E-state index contributed by atoms with van der Waals surface area (Å²) in [5, 5.41) is 17.8. The fraction of sp³-hybridized carbons (Fsp3) is 0.438. The standard InChI is InChI=1S/C16H21N3O2S.2ClH/c1-21-13-4-2-3-12(7-13)15-19-9-14(22-15)8-18-11-16(20)5-6-17-10-16;;/h2-4,7,9,17-18,20H,5-6,8,10-11H2,1H3;2*1H. The summed E-state index contributed by atoms with van der Waals surface area (Å²) >= 11 is 1.66. The molecule has 1 unspecified atom stereocenters. The molecule has 1 aromatic carbocycles. The Labute approximate surface area is 158 Å². The molecule has 0 spiro atoms. The van der Waals surface area contributed by atoms with Crippen LogP contribution in [0.4, 0.5) is 0 Å². The molecular weight excluding hydrogens is 369 g/mol. The molecule has 1 saturated heterocycles. The van der Waals surface area contributed by atoms with E-state index in [1.54, 1.807) is 18.4 Å². The van der Waals surface area contributed by atoms with Crippen LogP contribution >= 0.6 is 36.2 Å². The molecule has 2 heterocycles. The molecule has 0 bridgehead atoms. The van der Waals surface area contributed by atoms with E-state index >= 15 is 0 Å². The number of halogens is 2. The van der Waals surface area contributed by atoms with Crippen LogP contribution < -0.4 is 15.4 Å². The number of ether oxygens (including phenoxy) is 1. The molecular formula is C16H23Cl2N3O2S. The smallest absolute Gasteiger partial charge is 0.123 e. The van der Waals surface area contributed by atoms with E-state index in [0.717, 1.165) is 40.7 Å². The SMILES string of the molecule is COc1cccc(-c2ncc(CNCC3(O)CCNC3)s2)c1.Cl.Cl. The molecule has 24 heavy (non-hydrogen) atoms. The molecule has 1 aromatic heterocycles. The third-order valence-corrected chi connectivity index (χ3v) is 4.89. The van der Waals surface area contributed by atoms with Gasteiger partial charge >= 0.3 is 0 Å². The first-order chi connectivity index (χ1) is 10.7. The highest BCUT2D eigenvalue weighted by atomic mass is 35.5. The van der Waals surface area contributed by atoms with Crippen molar-refractivity contribution in [2.45, 2.75) is 18.6 Å². The highest BCUT2D eigenvalue weighted by Crippen LogP contribution is 2.27. The van der Waals surface area contributed by atoms with E-state index in [1.165, 1.54) is 0 Å². The summed E-state index contributed by atoms with van der Waals surface area (Å²) in [6.45, 7) is 2.88. The molecule has 1 fully saturated rings. The zero-order valence-electron chi connectivity index (χ0n) is 13.4. The molecule has 1 aliphatic heterocycles. The van der Waals surface area contributed by atoms with Gasteiger partial charge in [-0.15, -0.1) is 36.2 Å². The first-order valence-electron chi connectivity index (χ1n) is 7.41. The molecule has 0 aliphatic carbocycles. The van der Waals surface area contributed by atoms with Crippen molar-refractivity contribution < 1.29 is 9.84 Å². The fourth-order valence-corrected chi connectivity index (χ4v) is 3.46. The van der Waals surface area contributed by atoms with Gasteiger partial charge in [0.25, 0.3) is 0 Å². The number of thiazole rings is 1. The number of hydrogen-bond donors (Lipinski definition) is 3. The van der Waals surface area contributed by atoms with Crippen molar-refractivity contribution in [2.24, 2.45) is 0 Å². The maximum absolute atomic E-state index is 10.3. The van der Waals surface area contributed by atoms with Crippen LogP contribution in [0, 0.1) is 0 Å². The van der Waals surface area contributed by atoms with Crippen LogP contribution in [0.2, 0.25) is 0 Å². The Morgan fingerprint density at radius 1 is 1.42 bits per heavy atom. The van der Waals surface area contributed by atoms with Gasteiger partial charge in [0, 0.05) is 36.3 Å². The van der Waals surface area contributed by atoms with Crippen molar-refractivity contribution >= 4 is 36.2 Å². The first kappa shape index (κ1) is 21.2. The third kappa shape index (κ3) is 5.31. The number of nitrogens with zero attached hydrogens (tertiary/aromatic N) is 1. The summed E-state index contributed by atoms with van der Waals surface area (Å²) in [6, 6.07) is 7.92. The van der Waals surface area contributed by atoms with Gasteiger partial charge in [-0.3, -0.25) is 0 Å². The van der Waals surface area contributed by atoms with E-state index in [1.807, 2.05) is 30.5 Å². The molecule has 8 heteroatoms. The number of hydrogen-bond acceptors (Lipinski definition) is 6. The quantitative estimate of drug-likeness (QED) is 0.705. The minimum atomic E-state index is -0.611. The van der Waals surface area contributed by atoms with Gasteiger partial charge in [-0.05, 0) is 25.1 Å². The Hall–Kier alpha value is -0.890. The molecule has 0 saturated carbocycles. The van der Waals surface area contributed by atoms with Crippen LogP contribution in [0.1, 0.15) is 11.3 Å². The van der Waals surface area contributed by atoms with Crippen LogP contribution in [0.3, 0.4) is 0 Å². The van der Waals surface area contributed by atoms with E-state index < -0.39 is 5.60 Å². The van der Waals surface area contributed by atoms with Crippen molar-refractivity contribution in [3.05, 3.63) is 35.3 Å². The highest BCUT2D eigenvalue weighted by molar-refractivity contribution is 7.15. The lowest BCUT2D eigenvalue weighted by Crippen LogP contribution is -2.42. The van der Waals surface area contributed by atoms with Gasteiger partial charge in [0.05, 0.1) is 12.7 Å². The van der Waals surface area contributed by atoms with Crippen LogP contribution in [0.5, 0.6) is 5.75 Å². The van der Waals surface area contributed by atoms with Gasteiger partial charge in [-0.1, -0.05) is 12.1 Å². The number of nitrogens with one attached hydrogen (secondary N) is 2. The Kier molecular flexibility index (Phi) is 8.42.